The van der Waals surface area contributed by atoms with Crippen molar-refractivity contribution in [3.05, 3.63) is 65.7 Å². The molecule has 2 aromatic rings. The van der Waals surface area contributed by atoms with Crippen LogP contribution in [0.2, 0.25) is 0 Å². The average Bonchev–Trinajstić information content (AvgIpc) is 2.87. The Morgan fingerprint density at radius 2 is 1.62 bits per heavy atom. The molecule has 1 fully saturated rings. The Bertz CT molecular complexity index is 782. The van der Waals surface area contributed by atoms with Crippen molar-refractivity contribution in [2.75, 3.05) is 18.7 Å². The molecule has 0 radical (unpaired) electrons. The monoisotopic (exact) mass is 322 g/mol. The second-order valence-electron chi connectivity index (χ2n) is 5.30. The molecule has 1 aliphatic heterocycles. The molecule has 0 aromatic heterocycles. The van der Waals surface area contributed by atoms with Gasteiger partial charge < -0.3 is 4.74 Å². The number of methoxy groups -OCH3 is 1. The Morgan fingerprint density at radius 1 is 0.958 bits per heavy atom. The molecule has 0 aliphatic carbocycles. The van der Waals surface area contributed by atoms with Gasteiger partial charge in [-0.15, -0.1) is 0 Å². The van der Waals surface area contributed by atoms with E-state index in [0.717, 1.165) is 11.3 Å². The maximum absolute atomic E-state index is 12.8. The van der Waals surface area contributed by atoms with Gasteiger partial charge in [0.25, 0.3) is 11.8 Å². The zero-order valence-corrected chi connectivity index (χ0v) is 13.6. The highest BCUT2D eigenvalue weighted by atomic mass is 16.5. The van der Waals surface area contributed by atoms with Gasteiger partial charge in [0.2, 0.25) is 0 Å². The Morgan fingerprint density at radius 3 is 2.21 bits per heavy atom. The minimum atomic E-state index is -0.316. The lowest BCUT2D eigenvalue weighted by Crippen LogP contribution is -2.40. The lowest BCUT2D eigenvalue weighted by Gasteiger charge is -2.25. The molecule has 24 heavy (non-hydrogen) atoms. The molecule has 0 unspecified atom stereocenters. The molecule has 1 heterocycles. The maximum atomic E-state index is 12.8. The number of likely N-dealkylation sites (N-methyl/N-ethyl adjacent to an activating group) is 1. The first-order chi connectivity index (χ1) is 11.7. The lowest BCUT2D eigenvalue weighted by atomic mass is 10.1. The molecule has 0 N–H and O–H groups in total. The Labute approximate surface area is 140 Å². The molecule has 0 saturated carbocycles. The van der Waals surface area contributed by atoms with Crippen LogP contribution in [0.1, 0.15) is 12.5 Å². The molecule has 1 saturated heterocycles. The maximum Gasteiger partial charge on any atom is 0.282 e. The van der Waals surface area contributed by atoms with Crippen molar-refractivity contribution in [2.24, 2.45) is 0 Å². The molecule has 5 heteroatoms. The summed E-state index contributed by atoms with van der Waals surface area (Å²) < 4.78 is 5.12. The number of hydrogen-bond donors (Lipinski definition) is 0. The molecule has 0 spiro atoms. The molecular weight excluding hydrogens is 304 g/mol. The smallest absolute Gasteiger partial charge is 0.282 e. The van der Waals surface area contributed by atoms with Crippen LogP contribution in [0.3, 0.4) is 0 Å². The number of para-hydroxylation sites is 1. The average molecular weight is 322 g/mol. The van der Waals surface area contributed by atoms with Gasteiger partial charge in [0.1, 0.15) is 11.3 Å². The Kier molecular flexibility index (Phi) is 4.33. The number of anilines is 1. The van der Waals surface area contributed by atoms with Crippen LogP contribution in [0.25, 0.3) is 6.08 Å². The molecular formula is C19H18N2O3. The summed E-state index contributed by atoms with van der Waals surface area (Å²) in [5.74, 6) is 0.119. The van der Waals surface area contributed by atoms with Crippen LogP contribution >= 0.6 is 0 Å². The SMILES string of the molecule is CCN1C(=O)/C(=C/c2ccc(OC)cc2)C(=O)N1c1ccccc1. The first-order valence-corrected chi connectivity index (χ1v) is 7.72. The fourth-order valence-corrected chi connectivity index (χ4v) is 2.65. The molecule has 3 rings (SSSR count). The normalized spacial score (nSPS) is 16.2. The number of hydrazine groups is 1. The van der Waals surface area contributed by atoms with Crippen molar-refractivity contribution in [1.29, 1.82) is 0 Å². The van der Waals surface area contributed by atoms with Crippen LogP contribution in [-0.4, -0.2) is 30.5 Å². The number of carbonyl (C=O) groups excluding carboxylic acids is 2. The van der Waals surface area contributed by atoms with Crippen molar-refractivity contribution in [2.45, 2.75) is 6.92 Å². The van der Waals surface area contributed by atoms with Crippen molar-refractivity contribution in [1.82, 2.24) is 5.01 Å². The number of carbonyl (C=O) groups is 2. The molecule has 122 valence electrons. The largest absolute Gasteiger partial charge is 0.497 e. The summed E-state index contributed by atoms with van der Waals surface area (Å²) in [6.07, 6.45) is 1.62. The van der Waals surface area contributed by atoms with Gasteiger partial charge in [0, 0.05) is 6.54 Å². The van der Waals surface area contributed by atoms with Crippen molar-refractivity contribution in [3.8, 4) is 5.75 Å². The summed E-state index contributed by atoms with van der Waals surface area (Å²) >= 11 is 0. The van der Waals surface area contributed by atoms with E-state index in [0.29, 0.717) is 12.2 Å². The third-order valence-electron chi connectivity index (χ3n) is 3.86. The fraction of sp³-hybridized carbons (Fsp3) is 0.158. The first kappa shape index (κ1) is 15.8. The third kappa shape index (κ3) is 2.76. The molecule has 1 aliphatic rings. The topological polar surface area (TPSA) is 49.9 Å². The summed E-state index contributed by atoms with van der Waals surface area (Å²) in [6, 6.07) is 16.4. The number of amides is 2. The second kappa shape index (κ2) is 6.58. The Balaban J connectivity index is 1.98. The molecule has 0 bridgehead atoms. The van der Waals surface area contributed by atoms with Crippen molar-refractivity contribution in [3.63, 3.8) is 0 Å². The van der Waals surface area contributed by atoms with Gasteiger partial charge in [-0.1, -0.05) is 30.3 Å². The minimum absolute atomic E-state index is 0.158. The number of ether oxygens (including phenoxy) is 1. The highest BCUT2D eigenvalue weighted by Gasteiger charge is 2.40. The van der Waals surface area contributed by atoms with E-state index in [4.69, 9.17) is 4.74 Å². The lowest BCUT2D eigenvalue weighted by molar-refractivity contribution is -0.125. The van der Waals surface area contributed by atoms with Gasteiger partial charge in [-0.3, -0.25) is 9.59 Å². The fourth-order valence-electron chi connectivity index (χ4n) is 2.65. The van der Waals surface area contributed by atoms with Gasteiger partial charge in [0.05, 0.1) is 12.8 Å². The summed E-state index contributed by atoms with van der Waals surface area (Å²) in [7, 11) is 1.59. The van der Waals surface area contributed by atoms with Gasteiger partial charge in [-0.2, -0.15) is 0 Å². The van der Waals surface area contributed by atoms with Gasteiger partial charge in [0.15, 0.2) is 0 Å². The van der Waals surface area contributed by atoms with Crippen LogP contribution in [0, 0.1) is 0 Å². The van der Waals surface area contributed by atoms with E-state index in [-0.39, 0.29) is 17.4 Å². The predicted molar refractivity (Wildman–Crippen MR) is 92.3 cm³/mol. The molecule has 2 aromatic carbocycles. The number of hydrogen-bond acceptors (Lipinski definition) is 3. The number of rotatable bonds is 4. The van der Waals surface area contributed by atoms with Gasteiger partial charge in [-0.05, 0) is 42.8 Å². The van der Waals surface area contributed by atoms with Gasteiger partial charge in [-0.25, -0.2) is 10.0 Å². The van der Waals surface area contributed by atoms with Crippen molar-refractivity contribution < 1.29 is 14.3 Å². The van der Waals surface area contributed by atoms with E-state index < -0.39 is 0 Å². The zero-order valence-electron chi connectivity index (χ0n) is 13.6. The van der Waals surface area contributed by atoms with E-state index in [9.17, 15) is 9.59 Å². The molecule has 0 atom stereocenters. The quantitative estimate of drug-likeness (QED) is 0.642. The highest BCUT2D eigenvalue weighted by Crippen LogP contribution is 2.28. The highest BCUT2D eigenvalue weighted by molar-refractivity contribution is 6.31. The summed E-state index contributed by atoms with van der Waals surface area (Å²) in [6.45, 7) is 2.26. The van der Waals surface area contributed by atoms with E-state index in [1.54, 1.807) is 25.3 Å². The number of nitrogens with zero attached hydrogens (tertiary/aromatic N) is 2. The summed E-state index contributed by atoms with van der Waals surface area (Å²) in [5.41, 5.74) is 1.61. The van der Waals surface area contributed by atoms with E-state index in [1.165, 1.54) is 10.0 Å². The zero-order chi connectivity index (χ0) is 17.1. The first-order valence-electron chi connectivity index (χ1n) is 7.72. The van der Waals surface area contributed by atoms with Crippen LogP contribution in [0.15, 0.2) is 60.2 Å². The van der Waals surface area contributed by atoms with Crippen LogP contribution < -0.4 is 9.75 Å². The second-order valence-corrected chi connectivity index (χ2v) is 5.30. The van der Waals surface area contributed by atoms with Crippen LogP contribution in [0.5, 0.6) is 5.75 Å². The third-order valence-corrected chi connectivity index (χ3v) is 3.86. The minimum Gasteiger partial charge on any atom is -0.497 e. The van der Waals surface area contributed by atoms with E-state index in [2.05, 4.69) is 0 Å². The standard InChI is InChI=1S/C19H18N2O3/c1-3-20-18(22)17(13-14-9-11-16(24-2)12-10-14)19(23)21(20)15-7-5-4-6-8-15/h4-13H,3H2,1-2H3/b17-13-. The Hall–Kier alpha value is -3.08. The summed E-state index contributed by atoms with van der Waals surface area (Å²) in [5, 5.41) is 2.88. The van der Waals surface area contributed by atoms with Gasteiger partial charge >= 0.3 is 0 Å². The van der Waals surface area contributed by atoms with Crippen LogP contribution in [-0.2, 0) is 9.59 Å². The molecule has 5 nitrogen and oxygen atoms in total. The van der Waals surface area contributed by atoms with Crippen molar-refractivity contribution >= 4 is 23.6 Å². The van der Waals surface area contributed by atoms with Crippen LogP contribution in [0.4, 0.5) is 5.69 Å². The number of benzene rings is 2. The van der Waals surface area contributed by atoms with E-state index >= 15 is 0 Å². The predicted octanol–water partition coefficient (Wildman–Crippen LogP) is 2.89. The summed E-state index contributed by atoms with van der Waals surface area (Å²) in [4.78, 5) is 25.4. The van der Waals surface area contributed by atoms with E-state index in [1.807, 2.05) is 49.4 Å². The molecule has 2 amide bonds.